The molecule has 1 aromatic heterocycles. The van der Waals surface area contributed by atoms with E-state index in [4.69, 9.17) is 9.47 Å². The number of methoxy groups -OCH3 is 2. The largest absolute Gasteiger partial charge is 0.383 e. The predicted octanol–water partition coefficient (Wildman–Crippen LogP) is 2.61. The van der Waals surface area contributed by atoms with E-state index in [1.54, 1.807) is 25.6 Å². The van der Waals surface area contributed by atoms with Crippen molar-refractivity contribution in [2.24, 2.45) is 0 Å². The van der Waals surface area contributed by atoms with Crippen molar-refractivity contribution in [3.05, 3.63) is 20.8 Å². The molecule has 0 saturated heterocycles. The van der Waals surface area contributed by atoms with Crippen LogP contribution in [-0.4, -0.2) is 45.4 Å². The Balaban J connectivity index is 2.41. The van der Waals surface area contributed by atoms with Crippen molar-refractivity contribution in [1.82, 2.24) is 4.90 Å². The van der Waals surface area contributed by atoms with Crippen LogP contribution in [0.4, 0.5) is 0 Å². The molecule has 0 fully saturated rings. The molecule has 0 N–H and O–H groups in total. The Kier molecular flexibility index (Phi) is 7.23. The minimum Gasteiger partial charge on any atom is -0.383 e. The minimum absolute atomic E-state index is 0.760. The van der Waals surface area contributed by atoms with Gasteiger partial charge in [0.1, 0.15) is 0 Å². The second-order valence-corrected chi connectivity index (χ2v) is 6.02. The molecule has 16 heavy (non-hydrogen) atoms. The van der Waals surface area contributed by atoms with E-state index in [0.29, 0.717) is 0 Å². The molecule has 0 radical (unpaired) electrons. The number of ether oxygens (including phenoxy) is 2. The fraction of sp³-hybridized carbons (Fsp3) is 0.636. The number of hydrogen-bond donors (Lipinski definition) is 0. The molecule has 0 spiro atoms. The monoisotopic (exact) mass is 307 g/mol. The third kappa shape index (κ3) is 5.41. The molecule has 0 aliphatic rings. The summed E-state index contributed by atoms with van der Waals surface area (Å²) >= 11 is 5.25. The third-order valence-electron chi connectivity index (χ3n) is 2.23. The smallest absolute Gasteiger partial charge is 0.0701 e. The summed E-state index contributed by atoms with van der Waals surface area (Å²) in [6.45, 7) is 4.36. The number of rotatable bonds is 8. The zero-order chi connectivity index (χ0) is 11.8. The summed E-state index contributed by atoms with van der Waals surface area (Å²) in [4.78, 5) is 3.70. The molecular formula is C11H18BrNO2S. The Morgan fingerprint density at radius 2 is 1.81 bits per heavy atom. The van der Waals surface area contributed by atoms with E-state index in [2.05, 4.69) is 33.0 Å². The van der Waals surface area contributed by atoms with Gasteiger partial charge in [0.15, 0.2) is 0 Å². The average molecular weight is 308 g/mol. The van der Waals surface area contributed by atoms with Crippen LogP contribution in [0.5, 0.6) is 0 Å². The van der Waals surface area contributed by atoms with Gasteiger partial charge >= 0.3 is 0 Å². The Morgan fingerprint density at radius 3 is 2.25 bits per heavy atom. The first-order valence-electron chi connectivity index (χ1n) is 5.20. The first-order chi connectivity index (χ1) is 7.76. The summed E-state index contributed by atoms with van der Waals surface area (Å²) < 4.78 is 11.4. The maximum Gasteiger partial charge on any atom is 0.0701 e. The molecule has 0 aliphatic heterocycles. The van der Waals surface area contributed by atoms with Crippen LogP contribution in [0.2, 0.25) is 0 Å². The Bertz CT molecular complexity index is 285. The van der Waals surface area contributed by atoms with Crippen molar-refractivity contribution in [3.63, 3.8) is 0 Å². The topological polar surface area (TPSA) is 21.7 Å². The number of hydrogen-bond acceptors (Lipinski definition) is 4. The van der Waals surface area contributed by atoms with Gasteiger partial charge in [-0.3, -0.25) is 4.90 Å². The van der Waals surface area contributed by atoms with Crippen LogP contribution < -0.4 is 0 Å². The number of thiophene rings is 1. The molecule has 5 heteroatoms. The van der Waals surface area contributed by atoms with E-state index < -0.39 is 0 Å². The molecule has 0 atom stereocenters. The lowest BCUT2D eigenvalue weighted by atomic mass is 10.4. The highest BCUT2D eigenvalue weighted by Gasteiger charge is 2.07. The van der Waals surface area contributed by atoms with Crippen LogP contribution in [0.15, 0.2) is 15.9 Å². The van der Waals surface area contributed by atoms with Crippen molar-refractivity contribution in [2.75, 3.05) is 40.5 Å². The van der Waals surface area contributed by atoms with E-state index in [9.17, 15) is 0 Å². The van der Waals surface area contributed by atoms with Crippen molar-refractivity contribution < 1.29 is 9.47 Å². The maximum atomic E-state index is 5.11. The summed E-state index contributed by atoms with van der Waals surface area (Å²) in [5, 5.41) is 0. The summed E-state index contributed by atoms with van der Waals surface area (Å²) in [6, 6.07) is 4.24. The molecule has 0 aliphatic carbocycles. The SMILES string of the molecule is COCCN(CCOC)Cc1ccc(Br)s1. The van der Waals surface area contributed by atoms with Crippen LogP contribution in [-0.2, 0) is 16.0 Å². The van der Waals surface area contributed by atoms with Crippen LogP contribution >= 0.6 is 27.3 Å². The van der Waals surface area contributed by atoms with Crippen molar-refractivity contribution in [2.45, 2.75) is 6.54 Å². The summed E-state index contributed by atoms with van der Waals surface area (Å²) in [7, 11) is 3.46. The van der Waals surface area contributed by atoms with Gasteiger partial charge in [0.25, 0.3) is 0 Å². The Morgan fingerprint density at radius 1 is 1.19 bits per heavy atom. The molecular weight excluding hydrogens is 290 g/mol. The van der Waals surface area contributed by atoms with E-state index in [0.717, 1.165) is 32.8 Å². The molecule has 1 rings (SSSR count). The van der Waals surface area contributed by atoms with Gasteiger partial charge in [-0.1, -0.05) is 0 Å². The maximum absolute atomic E-state index is 5.11. The zero-order valence-electron chi connectivity index (χ0n) is 9.74. The standard InChI is InChI=1S/C11H18BrNO2S/c1-14-7-5-13(6-8-15-2)9-10-3-4-11(12)16-10/h3-4H,5-9H2,1-2H3. The Labute approximate surface area is 109 Å². The van der Waals surface area contributed by atoms with Crippen LogP contribution in [0.1, 0.15) is 4.88 Å². The van der Waals surface area contributed by atoms with E-state index in [-0.39, 0.29) is 0 Å². The summed E-state index contributed by atoms with van der Waals surface area (Å²) in [6.07, 6.45) is 0. The molecule has 1 heterocycles. The lowest BCUT2D eigenvalue weighted by molar-refractivity contribution is 0.111. The van der Waals surface area contributed by atoms with Gasteiger partial charge in [0.2, 0.25) is 0 Å². The molecule has 3 nitrogen and oxygen atoms in total. The van der Waals surface area contributed by atoms with Gasteiger partial charge in [-0.2, -0.15) is 0 Å². The van der Waals surface area contributed by atoms with Crippen LogP contribution in [0, 0.1) is 0 Å². The van der Waals surface area contributed by atoms with Crippen molar-refractivity contribution >= 4 is 27.3 Å². The molecule has 0 aromatic carbocycles. The lowest BCUT2D eigenvalue weighted by Gasteiger charge is -2.20. The predicted molar refractivity (Wildman–Crippen MR) is 71.0 cm³/mol. The van der Waals surface area contributed by atoms with Gasteiger partial charge < -0.3 is 9.47 Å². The third-order valence-corrected chi connectivity index (χ3v) is 3.84. The zero-order valence-corrected chi connectivity index (χ0v) is 12.1. The molecule has 0 unspecified atom stereocenters. The van der Waals surface area contributed by atoms with Gasteiger partial charge in [0, 0.05) is 38.7 Å². The molecule has 92 valence electrons. The minimum atomic E-state index is 0.760. The molecule has 1 aromatic rings. The van der Waals surface area contributed by atoms with Gasteiger partial charge in [-0.25, -0.2) is 0 Å². The van der Waals surface area contributed by atoms with Crippen LogP contribution in [0.3, 0.4) is 0 Å². The average Bonchev–Trinajstić information content (AvgIpc) is 2.68. The van der Waals surface area contributed by atoms with Gasteiger partial charge in [-0.05, 0) is 28.1 Å². The summed E-state index contributed by atoms with van der Waals surface area (Å²) in [5.41, 5.74) is 0. The van der Waals surface area contributed by atoms with E-state index in [1.807, 2.05) is 0 Å². The van der Waals surface area contributed by atoms with Gasteiger partial charge in [0.05, 0.1) is 17.0 Å². The quantitative estimate of drug-likeness (QED) is 0.737. The van der Waals surface area contributed by atoms with Gasteiger partial charge in [-0.15, -0.1) is 11.3 Å². The highest BCUT2D eigenvalue weighted by molar-refractivity contribution is 9.11. The lowest BCUT2D eigenvalue weighted by Crippen LogP contribution is -2.29. The number of halogens is 1. The first-order valence-corrected chi connectivity index (χ1v) is 6.81. The van der Waals surface area contributed by atoms with Crippen molar-refractivity contribution in [3.8, 4) is 0 Å². The van der Waals surface area contributed by atoms with Crippen LogP contribution in [0.25, 0.3) is 0 Å². The fourth-order valence-corrected chi connectivity index (χ4v) is 2.89. The summed E-state index contributed by atoms with van der Waals surface area (Å²) in [5.74, 6) is 0. The number of nitrogens with zero attached hydrogens (tertiary/aromatic N) is 1. The second kappa shape index (κ2) is 8.20. The first kappa shape index (κ1) is 14.1. The molecule has 0 bridgehead atoms. The second-order valence-electron chi connectivity index (χ2n) is 3.47. The normalized spacial score (nSPS) is 11.2. The highest BCUT2D eigenvalue weighted by Crippen LogP contribution is 2.23. The molecule has 0 amide bonds. The molecule has 0 saturated carbocycles. The fourth-order valence-electron chi connectivity index (χ4n) is 1.37. The highest BCUT2D eigenvalue weighted by atomic mass is 79.9. The van der Waals surface area contributed by atoms with E-state index in [1.165, 1.54) is 8.66 Å². The van der Waals surface area contributed by atoms with E-state index >= 15 is 0 Å². The Hall–Kier alpha value is 0.0600. The van der Waals surface area contributed by atoms with Crippen molar-refractivity contribution in [1.29, 1.82) is 0 Å².